The number of nitrogens with zero attached hydrogens (tertiary/aromatic N) is 5. The van der Waals surface area contributed by atoms with E-state index in [-0.39, 0.29) is 11.7 Å². The molecule has 5 rings (SSSR count). The second kappa shape index (κ2) is 9.21. The van der Waals surface area contributed by atoms with E-state index in [2.05, 4.69) is 25.0 Å². The molecule has 1 fully saturated rings. The first-order valence-corrected chi connectivity index (χ1v) is 11.4. The van der Waals surface area contributed by atoms with Crippen LogP contribution < -0.4 is 15.0 Å². The molecule has 10 heteroatoms. The maximum Gasteiger partial charge on any atom is 0.511 e. The highest BCUT2D eigenvalue weighted by Crippen LogP contribution is 2.32. The Morgan fingerprint density at radius 1 is 1.17 bits per heavy atom. The minimum Gasteiger partial charge on any atom is -0.449 e. The Kier molecular flexibility index (Phi) is 5.94. The highest BCUT2D eigenvalue weighted by Gasteiger charge is 2.21. The second-order valence-electron chi connectivity index (χ2n) is 8.60. The fraction of sp³-hybridized carbons (Fsp3) is 0.280. The van der Waals surface area contributed by atoms with Gasteiger partial charge in [-0.1, -0.05) is 18.2 Å². The molecule has 1 saturated heterocycles. The topological polar surface area (TPSA) is 105 Å². The SMILES string of the molecule is Cc1cccc(C)c1CNc1cc2c(N3CCCC3)nc(-n3cc(OC(=O)O)cn3)nc2cc1F. The van der Waals surface area contributed by atoms with E-state index in [4.69, 9.17) is 10.1 Å². The Labute approximate surface area is 201 Å². The highest BCUT2D eigenvalue weighted by atomic mass is 19.1. The summed E-state index contributed by atoms with van der Waals surface area (Å²) in [6, 6.07) is 9.26. The number of hydrogen-bond donors (Lipinski definition) is 2. The molecule has 1 aliphatic heterocycles. The number of halogens is 1. The molecular formula is C25H25FN6O3. The number of anilines is 2. The number of benzene rings is 2. The summed E-state index contributed by atoms with van der Waals surface area (Å²) < 4.78 is 21.1. The van der Waals surface area contributed by atoms with Crippen LogP contribution in [0.1, 0.15) is 29.5 Å². The van der Waals surface area contributed by atoms with E-state index in [0.29, 0.717) is 23.6 Å². The quantitative estimate of drug-likeness (QED) is 0.381. The van der Waals surface area contributed by atoms with Gasteiger partial charge in [-0.05, 0) is 49.4 Å². The first-order chi connectivity index (χ1) is 16.9. The second-order valence-corrected chi connectivity index (χ2v) is 8.60. The fourth-order valence-electron chi connectivity index (χ4n) is 4.41. The summed E-state index contributed by atoms with van der Waals surface area (Å²) in [5.41, 5.74) is 4.25. The van der Waals surface area contributed by atoms with E-state index in [1.807, 2.05) is 32.0 Å². The van der Waals surface area contributed by atoms with Crippen LogP contribution in [-0.2, 0) is 6.54 Å². The summed E-state index contributed by atoms with van der Waals surface area (Å²) in [7, 11) is 0. The average Bonchev–Trinajstić information content (AvgIpc) is 3.50. The largest absolute Gasteiger partial charge is 0.511 e. The van der Waals surface area contributed by atoms with Crippen LogP contribution >= 0.6 is 0 Å². The molecule has 0 bridgehead atoms. The predicted molar refractivity (Wildman–Crippen MR) is 130 cm³/mol. The van der Waals surface area contributed by atoms with Gasteiger partial charge in [0.2, 0.25) is 0 Å². The van der Waals surface area contributed by atoms with Gasteiger partial charge in [0.05, 0.1) is 23.6 Å². The smallest absolute Gasteiger partial charge is 0.449 e. The van der Waals surface area contributed by atoms with Gasteiger partial charge in [-0.25, -0.2) is 18.9 Å². The molecule has 180 valence electrons. The van der Waals surface area contributed by atoms with Crippen LogP contribution in [0.2, 0.25) is 0 Å². The molecule has 4 aromatic rings. The van der Waals surface area contributed by atoms with Gasteiger partial charge >= 0.3 is 6.16 Å². The Balaban J connectivity index is 1.54. The minimum atomic E-state index is -1.44. The Morgan fingerprint density at radius 3 is 2.63 bits per heavy atom. The first kappa shape index (κ1) is 22.6. The molecule has 2 N–H and O–H groups in total. The number of nitrogens with one attached hydrogen (secondary N) is 1. The highest BCUT2D eigenvalue weighted by molar-refractivity contribution is 5.93. The van der Waals surface area contributed by atoms with Crippen LogP contribution in [0.3, 0.4) is 0 Å². The van der Waals surface area contributed by atoms with Crippen molar-refractivity contribution >= 4 is 28.6 Å². The lowest BCUT2D eigenvalue weighted by Crippen LogP contribution is -2.21. The zero-order valence-electron chi connectivity index (χ0n) is 19.5. The Morgan fingerprint density at radius 2 is 1.91 bits per heavy atom. The van der Waals surface area contributed by atoms with Crippen LogP contribution in [0.15, 0.2) is 42.7 Å². The molecule has 35 heavy (non-hydrogen) atoms. The molecule has 0 saturated carbocycles. The van der Waals surface area contributed by atoms with E-state index in [9.17, 15) is 4.79 Å². The molecule has 0 radical (unpaired) electrons. The number of carbonyl (C=O) groups is 1. The lowest BCUT2D eigenvalue weighted by atomic mass is 10.0. The van der Waals surface area contributed by atoms with Gasteiger partial charge in [0, 0.05) is 31.1 Å². The van der Waals surface area contributed by atoms with Gasteiger partial charge in [0.25, 0.3) is 5.95 Å². The third-order valence-electron chi connectivity index (χ3n) is 6.23. The normalized spacial score (nSPS) is 13.4. The summed E-state index contributed by atoms with van der Waals surface area (Å²) in [5, 5.41) is 16.9. The number of rotatable bonds is 6. The molecule has 0 amide bonds. The van der Waals surface area contributed by atoms with Crippen molar-refractivity contribution in [3.8, 4) is 11.7 Å². The molecule has 0 unspecified atom stereocenters. The molecular weight excluding hydrogens is 451 g/mol. The first-order valence-electron chi connectivity index (χ1n) is 11.4. The van der Waals surface area contributed by atoms with Crippen LogP contribution in [-0.4, -0.2) is 44.1 Å². The van der Waals surface area contributed by atoms with E-state index >= 15 is 4.39 Å². The molecule has 3 heterocycles. The number of carboxylic acid groups (broad SMARTS) is 1. The van der Waals surface area contributed by atoms with E-state index in [0.717, 1.165) is 48.0 Å². The number of ether oxygens (including phenoxy) is 1. The minimum absolute atomic E-state index is 0.0427. The maximum absolute atomic E-state index is 15.2. The van der Waals surface area contributed by atoms with Crippen molar-refractivity contribution in [1.82, 2.24) is 19.7 Å². The van der Waals surface area contributed by atoms with E-state index in [1.54, 1.807) is 6.07 Å². The summed E-state index contributed by atoms with van der Waals surface area (Å²) in [5.74, 6) is 0.515. The van der Waals surface area contributed by atoms with Crippen molar-refractivity contribution in [3.05, 3.63) is 65.2 Å². The van der Waals surface area contributed by atoms with E-state index < -0.39 is 12.0 Å². The molecule has 0 spiro atoms. The van der Waals surface area contributed by atoms with Crippen molar-refractivity contribution in [2.75, 3.05) is 23.3 Å². The molecule has 0 atom stereocenters. The van der Waals surface area contributed by atoms with Crippen LogP contribution in [0.25, 0.3) is 16.9 Å². The number of hydrogen-bond acceptors (Lipinski definition) is 7. The summed E-state index contributed by atoms with van der Waals surface area (Å²) in [6.07, 6.45) is 3.28. The van der Waals surface area contributed by atoms with Crippen molar-refractivity contribution in [2.45, 2.75) is 33.2 Å². The summed E-state index contributed by atoms with van der Waals surface area (Å²) in [6.45, 7) is 6.26. The third-order valence-corrected chi connectivity index (χ3v) is 6.23. The fourth-order valence-corrected chi connectivity index (χ4v) is 4.41. The van der Waals surface area contributed by atoms with Gasteiger partial charge in [0.15, 0.2) is 5.75 Å². The van der Waals surface area contributed by atoms with Crippen molar-refractivity contribution in [1.29, 1.82) is 0 Å². The molecule has 0 aliphatic carbocycles. The van der Waals surface area contributed by atoms with Crippen molar-refractivity contribution in [3.63, 3.8) is 0 Å². The predicted octanol–water partition coefficient (Wildman–Crippen LogP) is 4.84. The standard InChI is InChI=1S/C25H25FN6O3/c1-15-6-5-7-16(2)19(15)13-27-22-10-18-21(11-20(22)26)29-24(30-23(18)31-8-3-4-9-31)32-14-17(12-28-32)35-25(33)34/h5-7,10-12,14,27H,3-4,8-9,13H2,1-2H3,(H,33,34). The number of fused-ring (bicyclic) bond motifs is 1. The maximum atomic E-state index is 15.2. The average molecular weight is 477 g/mol. The number of aryl methyl sites for hydroxylation is 2. The lowest BCUT2D eigenvalue weighted by molar-refractivity contribution is 0.144. The van der Waals surface area contributed by atoms with Gasteiger partial charge in [-0.2, -0.15) is 10.1 Å². The van der Waals surface area contributed by atoms with Crippen molar-refractivity contribution < 1.29 is 19.0 Å². The van der Waals surface area contributed by atoms with Crippen LogP contribution in [0.4, 0.5) is 20.7 Å². The molecule has 9 nitrogen and oxygen atoms in total. The summed E-state index contributed by atoms with van der Waals surface area (Å²) in [4.78, 5) is 22.2. The molecule has 2 aromatic heterocycles. The summed E-state index contributed by atoms with van der Waals surface area (Å²) >= 11 is 0. The monoisotopic (exact) mass is 476 g/mol. The van der Waals surface area contributed by atoms with Gasteiger partial charge < -0.3 is 20.1 Å². The zero-order valence-corrected chi connectivity index (χ0v) is 19.5. The third kappa shape index (κ3) is 4.59. The number of aromatic nitrogens is 4. The Bertz CT molecular complexity index is 1390. The van der Waals surface area contributed by atoms with E-state index in [1.165, 1.54) is 23.1 Å². The Hall–Kier alpha value is -4.21. The van der Waals surface area contributed by atoms with Gasteiger partial charge in [0.1, 0.15) is 11.6 Å². The molecule has 1 aliphatic rings. The molecule has 2 aromatic carbocycles. The van der Waals surface area contributed by atoms with Crippen LogP contribution in [0, 0.1) is 19.7 Å². The zero-order chi connectivity index (χ0) is 24.5. The van der Waals surface area contributed by atoms with Crippen LogP contribution in [0.5, 0.6) is 5.75 Å². The van der Waals surface area contributed by atoms with Crippen molar-refractivity contribution in [2.24, 2.45) is 0 Å². The lowest BCUT2D eigenvalue weighted by Gasteiger charge is -2.20. The van der Waals surface area contributed by atoms with Gasteiger partial charge in [-0.15, -0.1) is 0 Å². The van der Waals surface area contributed by atoms with Gasteiger partial charge in [-0.3, -0.25) is 0 Å².